The fourth-order valence-electron chi connectivity index (χ4n) is 14.7. The highest BCUT2D eigenvalue weighted by Gasteiger charge is 2.84. The van der Waals surface area contributed by atoms with Gasteiger partial charge in [-0.3, -0.25) is 0 Å². The summed E-state index contributed by atoms with van der Waals surface area (Å²) in [4.78, 5) is 2.73. The van der Waals surface area contributed by atoms with E-state index in [2.05, 4.69) is 150 Å². The average molecular weight is 678 g/mol. The van der Waals surface area contributed by atoms with Gasteiger partial charge in [0.2, 0.25) is 0 Å². The third-order valence-electron chi connectivity index (χ3n) is 16.8. The first-order valence-corrected chi connectivity index (χ1v) is 20.4. The van der Waals surface area contributed by atoms with E-state index in [4.69, 9.17) is 0 Å². The van der Waals surface area contributed by atoms with Crippen molar-refractivity contribution >= 4 is 17.1 Å². The largest absolute Gasteiger partial charge is 0.310 e. The summed E-state index contributed by atoms with van der Waals surface area (Å²) in [6.45, 7) is 14.8. The minimum atomic E-state index is -0.0581. The SMILES string of the molecule is CC1(C)CCC(C)(C)c2c(N(c3ccc4c(c3)C3(c5ccccc5-4)C4CC5CC6CC3C64C5)c3cccc4c3-c3ccccc3C4(C)C)cccc21. The molecule has 0 amide bonds. The van der Waals surface area contributed by atoms with Gasteiger partial charge in [0, 0.05) is 22.1 Å². The van der Waals surface area contributed by atoms with Crippen LogP contribution in [0.4, 0.5) is 17.1 Å². The molecule has 0 heterocycles. The smallest absolute Gasteiger partial charge is 0.0543 e. The predicted octanol–water partition coefficient (Wildman–Crippen LogP) is 13.1. The van der Waals surface area contributed by atoms with E-state index in [0.29, 0.717) is 5.41 Å². The lowest BCUT2D eigenvalue weighted by molar-refractivity contribution is -0.231. The molecule has 0 N–H and O–H groups in total. The molecule has 0 aliphatic heterocycles. The Morgan fingerprint density at radius 2 is 1.19 bits per heavy atom. The highest BCUT2D eigenvalue weighted by atomic mass is 15.2. The van der Waals surface area contributed by atoms with E-state index < -0.39 is 0 Å². The van der Waals surface area contributed by atoms with Gasteiger partial charge in [-0.15, -0.1) is 0 Å². The van der Waals surface area contributed by atoms with Crippen molar-refractivity contribution in [2.45, 2.75) is 102 Å². The second-order valence-corrected chi connectivity index (χ2v) is 20.0. The van der Waals surface area contributed by atoms with Crippen molar-refractivity contribution in [3.63, 3.8) is 0 Å². The van der Waals surface area contributed by atoms with Gasteiger partial charge in [-0.05, 0) is 153 Å². The molecular formula is C51H51N. The lowest BCUT2D eigenvalue weighted by atomic mass is 9.27. The van der Waals surface area contributed by atoms with Gasteiger partial charge in [0.05, 0.1) is 11.4 Å². The van der Waals surface area contributed by atoms with Crippen molar-refractivity contribution in [1.29, 1.82) is 0 Å². The van der Waals surface area contributed by atoms with Crippen LogP contribution in [0.2, 0.25) is 0 Å². The van der Waals surface area contributed by atoms with E-state index in [1.54, 1.807) is 11.1 Å². The van der Waals surface area contributed by atoms with Crippen molar-refractivity contribution in [3.05, 3.63) is 137 Å². The van der Waals surface area contributed by atoms with E-state index in [1.165, 1.54) is 100 Å². The lowest BCUT2D eigenvalue weighted by Crippen LogP contribution is -2.73. The highest BCUT2D eigenvalue weighted by Crippen LogP contribution is 2.89. The number of nitrogens with zero attached hydrogens (tertiary/aromatic N) is 1. The van der Waals surface area contributed by atoms with Crippen LogP contribution in [-0.2, 0) is 21.7 Å². The Bertz CT molecular complexity index is 2410. The summed E-state index contributed by atoms with van der Waals surface area (Å²) >= 11 is 0. The minimum absolute atomic E-state index is 0.0581. The van der Waals surface area contributed by atoms with Crippen LogP contribution >= 0.6 is 0 Å². The first-order valence-electron chi connectivity index (χ1n) is 20.4. The molecule has 52 heavy (non-hydrogen) atoms. The van der Waals surface area contributed by atoms with Crippen LogP contribution in [0.15, 0.2) is 103 Å². The predicted molar refractivity (Wildman–Crippen MR) is 215 cm³/mol. The maximum Gasteiger partial charge on any atom is 0.0543 e. The molecule has 4 fully saturated rings. The van der Waals surface area contributed by atoms with Crippen LogP contribution in [0.5, 0.6) is 0 Å². The highest BCUT2D eigenvalue weighted by molar-refractivity contribution is 5.97. The van der Waals surface area contributed by atoms with E-state index >= 15 is 0 Å². The number of benzene rings is 5. The summed E-state index contributed by atoms with van der Waals surface area (Å²) in [5, 5.41) is 0. The Labute approximate surface area is 310 Å². The van der Waals surface area contributed by atoms with Crippen molar-refractivity contribution in [2.24, 2.45) is 29.1 Å². The minimum Gasteiger partial charge on any atom is -0.310 e. The van der Waals surface area contributed by atoms with Crippen LogP contribution in [0.3, 0.4) is 0 Å². The van der Waals surface area contributed by atoms with Crippen LogP contribution < -0.4 is 4.90 Å². The molecule has 0 saturated heterocycles. The zero-order valence-electron chi connectivity index (χ0n) is 31.8. The lowest BCUT2D eigenvalue weighted by Gasteiger charge is -2.76. The molecule has 5 aromatic rings. The van der Waals surface area contributed by atoms with Gasteiger partial charge in [0.1, 0.15) is 0 Å². The molecule has 260 valence electrons. The maximum absolute atomic E-state index is 2.73. The molecule has 6 unspecified atom stereocenters. The monoisotopic (exact) mass is 677 g/mol. The van der Waals surface area contributed by atoms with Gasteiger partial charge >= 0.3 is 0 Å². The fourth-order valence-corrected chi connectivity index (χ4v) is 14.7. The number of anilines is 3. The number of fused-ring (bicyclic) bond motifs is 12. The summed E-state index contributed by atoms with van der Waals surface area (Å²) < 4.78 is 0. The zero-order chi connectivity index (χ0) is 35.2. The van der Waals surface area contributed by atoms with Gasteiger partial charge in [-0.2, -0.15) is 0 Å². The molecule has 5 aromatic carbocycles. The summed E-state index contributed by atoms with van der Waals surface area (Å²) in [5.41, 5.74) is 20.0. The summed E-state index contributed by atoms with van der Waals surface area (Å²) in [5.74, 6) is 3.53. The molecule has 1 heteroatoms. The van der Waals surface area contributed by atoms with E-state index in [0.717, 1.165) is 23.7 Å². The summed E-state index contributed by atoms with van der Waals surface area (Å²) in [6.07, 6.45) is 8.28. The number of hydrogen-bond donors (Lipinski definition) is 0. The van der Waals surface area contributed by atoms with Gasteiger partial charge in [0.25, 0.3) is 0 Å². The molecule has 0 aromatic heterocycles. The number of rotatable bonds is 3. The normalized spacial score (nSPS) is 31.8. The molecule has 7 aliphatic rings. The van der Waals surface area contributed by atoms with E-state index in [1.807, 2.05) is 0 Å². The zero-order valence-corrected chi connectivity index (χ0v) is 31.8. The summed E-state index contributed by atoms with van der Waals surface area (Å²) in [7, 11) is 0. The van der Waals surface area contributed by atoms with Crippen molar-refractivity contribution in [3.8, 4) is 22.3 Å². The maximum atomic E-state index is 2.73. The van der Waals surface area contributed by atoms with Gasteiger partial charge in [-0.1, -0.05) is 120 Å². The van der Waals surface area contributed by atoms with Gasteiger partial charge in [-0.25, -0.2) is 0 Å². The molecule has 2 spiro atoms. The van der Waals surface area contributed by atoms with E-state index in [-0.39, 0.29) is 21.7 Å². The topological polar surface area (TPSA) is 3.24 Å². The van der Waals surface area contributed by atoms with Crippen LogP contribution in [-0.4, -0.2) is 0 Å². The first-order chi connectivity index (χ1) is 25.0. The second kappa shape index (κ2) is 9.33. The van der Waals surface area contributed by atoms with Crippen LogP contribution in [0.25, 0.3) is 22.3 Å². The molecule has 1 nitrogen and oxygen atoms in total. The second-order valence-electron chi connectivity index (χ2n) is 20.0. The Morgan fingerprint density at radius 1 is 0.538 bits per heavy atom. The van der Waals surface area contributed by atoms with Gasteiger partial charge in [0.15, 0.2) is 0 Å². The Balaban J connectivity index is 1.15. The Kier molecular flexibility index (Phi) is 5.45. The Morgan fingerprint density at radius 3 is 2.00 bits per heavy atom. The average Bonchev–Trinajstić information content (AvgIpc) is 3.83. The standard InChI is InChI=1S/C51H51N/c1-47(2)23-24-48(3,4)46-39(47)18-12-20-42(46)52(41-19-11-17-38-45(41)35-14-8-9-15-36(35)49(38,5)6)32-21-22-34-33-13-7-10-16-37(33)51(40(34)28-32)43-26-30-25-31-27-44(51)50(31,43)29-30/h7-22,28,30-31,43-44H,23-27,29H2,1-6H3. The first kappa shape index (κ1) is 30.4. The molecule has 2 bridgehead atoms. The van der Waals surface area contributed by atoms with Crippen LogP contribution in [0, 0.1) is 29.1 Å². The Hall–Kier alpha value is -4.10. The fraction of sp³-hybridized carbons (Fsp3) is 0.412. The molecule has 0 radical (unpaired) electrons. The number of hydrogen-bond acceptors (Lipinski definition) is 1. The molecule has 6 atom stereocenters. The quantitative estimate of drug-likeness (QED) is 0.184. The third kappa shape index (κ3) is 3.24. The molecule has 4 saturated carbocycles. The molecular weight excluding hydrogens is 627 g/mol. The summed E-state index contributed by atoms with van der Waals surface area (Å²) in [6, 6.07) is 40.9. The van der Waals surface area contributed by atoms with Crippen molar-refractivity contribution < 1.29 is 0 Å². The van der Waals surface area contributed by atoms with Gasteiger partial charge < -0.3 is 4.90 Å². The van der Waals surface area contributed by atoms with Crippen molar-refractivity contribution in [2.75, 3.05) is 4.90 Å². The van der Waals surface area contributed by atoms with Crippen molar-refractivity contribution in [1.82, 2.24) is 0 Å². The third-order valence-corrected chi connectivity index (χ3v) is 16.8. The molecule has 12 rings (SSSR count). The van der Waals surface area contributed by atoms with Crippen LogP contribution in [0.1, 0.15) is 113 Å². The molecule has 7 aliphatic carbocycles. The van der Waals surface area contributed by atoms with E-state index in [9.17, 15) is 0 Å².